The third-order valence-electron chi connectivity index (χ3n) is 5.20. The van der Waals surface area contributed by atoms with Crippen molar-refractivity contribution in [2.75, 3.05) is 6.54 Å². The molecule has 5 rings (SSSR count). The summed E-state index contributed by atoms with van der Waals surface area (Å²) in [6, 6.07) is 20.6. The van der Waals surface area contributed by atoms with E-state index < -0.39 is 0 Å². The number of nitrogens with zero attached hydrogens (tertiary/aromatic N) is 3. The Bertz CT molecular complexity index is 1390. The summed E-state index contributed by atoms with van der Waals surface area (Å²) >= 11 is 1.45. The second-order valence-corrected chi connectivity index (χ2v) is 8.09. The molecule has 1 N–H and O–H groups in total. The van der Waals surface area contributed by atoms with Crippen molar-refractivity contribution in [3.8, 4) is 11.4 Å². The second-order valence-electron chi connectivity index (χ2n) is 7.25. The van der Waals surface area contributed by atoms with Gasteiger partial charge in [-0.15, -0.1) is 16.4 Å². The molecule has 0 saturated carbocycles. The topological polar surface area (TPSA) is 59.3 Å². The molecule has 154 valence electrons. The summed E-state index contributed by atoms with van der Waals surface area (Å²) in [5.41, 5.74) is 2.33. The first kappa shape index (κ1) is 19.4. The van der Waals surface area contributed by atoms with Crippen LogP contribution in [-0.2, 0) is 17.6 Å². The molecule has 0 aliphatic carbocycles. The van der Waals surface area contributed by atoms with Crippen molar-refractivity contribution >= 4 is 33.0 Å². The zero-order valence-corrected chi connectivity index (χ0v) is 17.4. The van der Waals surface area contributed by atoms with Crippen molar-refractivity contribution in [1.29, 1.82) is 0 Å². The largest absolute Gasteiger partial charge is 0.355 e. The summed E-state index contributed by atoms with van der Waals surface area (Å²) < 4.78 is 15.8. The first-order chi connectivity index (χ1) is 15.2. The molecular weight excluding hydrogens is 411 g/mol. The smallest absolute Gasteiger partial charge is 0.224 e. The Morgan fingerprint density at radius 1 is 1.03 bits per heavy atom. The third kappa shape index (κ3) is 3.92. The maximum Gasteiger partial charge on any atom is 0.224 e. The van der Waals surface area contributed by atoms with E-state index in [0.717, 1.165) is 22.0 Å². The fourth-order valence-electron chi connectivity index (χ4n) is 3.67. The van der Waals surface area contributed by atoms with Crippen LogP contribution in [0, 0.1) is 5.82 Å². The molecule has 0 spiro atoms. The Hall–Kier alpha value is -3.58. The molecule has 0 fully saturated rings. The van der Waals surface area contributed by atoms with Crippen LogP contribution in [0.3, 0.4) is 0 Å². The fourth-order valence-corrected chi connectivity index (χ4v) is 4.52. The molecule has 0 unspecified atom stereocenters. The van der Waals surface area contributed by atoms with E-state index in [-0.39, 0.29) is 11.7 Å². The van der Waals surface area contributed by atoms with Crippen LogP contribution in [-0.4, -0.2) is 27.0 Å². The lowest BCUT2D eigenvalue weighted by atomic mass is 10.0. The predicted octanol–water partition coefficient (Wildman–Crippen LogP) is 4.65. The van der Waals surface area contributed by atoms with Crippen LogP contribution >= 0.6 is 11.3 Å². The summed E-state index contributed by atoms with van der Waals surface area (Å²) in [6.07, 6.45) is 0.947. The molecule has 3 aromatic carbocycles. The van der Waals surface area contributed by atoms with Gasteiger partial charge >= 0.3 is 0 Å². The minimum atomic E-state index is -0.344. The van der Waals surface area contributed by atoms with Crippen molar-refractivity contribution < 1.29 is 9.18 Å². The molecule has 0 aliphatic rings. The molecule has 0 bridgehead atoms. The number of hydrogen-bond acceptors (Lipinski definition) is 4. The van der Waals surface area contributed by atoms with Crippen LogP contribution in [0.5, 0.6) is 0 Å². The minimum absolute atomic E-state index is 0.0199. The van der Waals surface area contributed by atoms with E-state index in [1.807, 2.05) is 47.8 Å². The van der Waals surface area contributed by atoms with Crippen molar-refractivity contribution in [2.45, 2.75) is 12.8 Å². The Morgan fingerprint density at radius 3 is 2.74 bits per heavy atom. The van der Waals surface area contributed by atoms with Crippen LogP contribution in [0.25, 0.3) is 27.1 Å². The molecule has 31 heavy (non-hydrogen) atoms. The van der Waals surface area contributed by atoms with E-state index in [4.69, 9.17) is 0 Å². The summed E-state index contributed by atoms with van der Waals surface area (Å²) in [5.74, 6) is 0.00246. The van der Waals surface area contributed by atoms with Crippen molar-refractivity contribution in [3.63, 3.8) is 0 Å². The number of aromatic nitrogens is 3. The van der Waals surface area contributed by atoms with Crippen LogP contribution in [0.4, 0.5) is 4.39 Å². The molecule has 7 heteroatoms. The SMILES string of the molecule is O=C(Cc1cccc2ccccc12)NCCc1csc2nc(-c3ccccc3F)nn12. The van der Waals surface area contributed by atoms with Gasteiger partial charge in [-0.25, -0.2) is 8.91 Å². The molecule has 0 atom stereocenters. The molecule has 5 nitrogen and oxygen atoms in total. The van der Waals surface area contributed by atoms with Gasteiger partial charge in [0.2, 0.25) is 10.9 Å². The zero-order valence-electron chi connectivity index (χ0n) is 16.6. The molecule has 5 aromatic rings. The number of thiazole rings is 1. The van der Waals surface area contributed by atoms with Gasteiger partial charge in [-0.2, -0.15) is 4.98 Å². The minimum Gasteiger partial charge on any atom is -0.355 e. The monoisotopic (exact) mass is 430 g/mol. The first-order valence-electron chi connectivity index (χ1n) is 10.0. The Balaban J connectivity index is 1.25. The number of carbonyl (C=O) groups excluding carboxylic acids is 1. The third-order valence-corrected chi connectivity index (χ3v) is 6.06. The number of halogens is 1. The van der Waals surface area contributed by atoms with E-state index in [9.17, 15) is 9.18 Å². The highest BCUT2D eigenvalue weighted by atomic mass is 32.1. The van der Waals surface area contributed by atoms with Crippen LogP contribution in [0.15, 0.2) is 72.1 Å². The molecule has 0 aliphatic heterocycles. The van der Waals surface area contributed by atoms with Gasteiger partial charge in [0.15, 0.2) is 5.82 Å². The number of carbonyl (C=O) groups is 1. The van der Waals surface area contributed by atoms with E-state index in [1.165, 1.54) is 17.4 Å². The standard InChI is InChI=1S/C24H19FN4OS/c25-21-11-4-3-10-20(21)23-27-24-29(28-23)18(15-31-24)12-13-26-22(30)14-17-8-5-7-16-6-1-2-9-19(16)17/h1-11,15H,12-14H2,(H,26,30). The first-order valence-corrected chi connectivity index (χ1v) is 10.9. The highest BCUT2D eigenvalue weighted by Crippen LogP contribution is 2.23. The van der Waals surface area contributed by atoms with E-state index in [1.54, 1.807) is 22.7 Å². The Morgan fingerprint density at radius 2 is 1.84 bits per heavy atom. The maximum absolute atomic E-state index is 14.0. The summed E-state index contributed by atoms with van der Waals surface area (Å²) in [6.45, 7) is 0.490. The van der Waals surface area contributed by atoms with Crippen LogP contribution < -0.4 is 5.32 Å². The van der Waals surface area contributed by atoms with Crippen molar-refractivity contribution in [2.24, 2.45) is 0 Å². The molecule has 0 saturated heterocycles. The predicted molar refractivity (Wildman–Crippen MR) is 121 cm³/mol. The summed E-state index contributed by atoms with van der Waals surface area (Å²) in [7, 11) is 0. The van der Waals surface area contributed by atoms with E-state index >= 15 is 0 Å². The normalized spacial score (nSPS) is 11.3. The molecule has 2 heterocycles. The lowest BCUT2D eigenvalue weighted by molar-refractivity contribution is -0.120. The molecule has 1 amide bonds. The average molecular weight is 431 g/mol. The second kappa shape index (κ2) is 8.28. The Labute approximate surface area is 182 Å². The summed E-state index contributed by atoms with van der Waals surface area (Å²) in [4.78, 5) is 17.6. The maximum atomic E-state index is 14.0. The number of rotatable bonds is 6. The highest BCUT2D eigenvalue weighted by Gasteiger charge is 2.14. The number of hydrogen-bond donors (Lipinski definition) is 1. The molecule has 0 radical (unpaired) electrons. The number of amides is 1. The lowest BCUT2D eigenvalue weighted by Gasteiger charge is -2.08. The number of fused-ring (bicyclic) bond motifs is 2. The van der Waals surface area contributed by atoms with Gasteiger partial charge in [-0.05, 0) is 28.5 Å². The molecular formula is C24H19FN4OS. The van der Waals surface area contributed by atoms with E-state index in [2.05, 4.69) is 15.4 Å². The van der Waals surface area contributed by atoms with Gasteiger partial charge in [0.25, 0.3) is 0 Å². The Kier molecular flexibility index (Phi) is 5.18. The van der Waals surface area contributed by atoms with Crippen LogP contribution in [0.2, 0.25) is 0 Å². The van der Waals surface area contributed by atoms with Gasteiger partial charge in [0, 0.05) is 18.3 Å². The summed E-state index contributed by atoms with van der Waals surface area (Å²) in [5, 5.41) is 11.7. The van der Waals surface area contributed by atoms with E-state index in [0.29, 0.717) is 35.7 Å². The van der Waals surface area contributed by atoms with Gasteiger partial charge in [0.1, 0.15) is 5.82 Å². The lowest BCUT2D eigenvalue weighted by Crippen LogP contribution is -2.27. The zero-order chi connectivity index (χ0) is 21.2. The average Bonchev–Trinajstić information content (AvgIpc) is 3.36. The quantitative estimate of drug-likeness (QED) is 0.427. The van der Waals surface area contributed by atoms with Crippen molar-refractivity contribution in [3.05, 3.63) is 89.2 Å². The van der Waals surface area contributed by atoms with Gasteiger partial charge in [0.05, 0.1) is 17.7 Å². The van der Waals surface area contributed by atoms with Crippen molar-refractivity contribution in [1.82, 2.24) is 19.9 Å². The number of benzene rings is 3. The van der Waals surface area contributed by atoms with Crippen LogP contribution in [0.1, 0.15) is 11.3 Å². The van der Waals surface area contributed by atoms with Gasteiger partial charge in [-0.1, -0.05) is 54.6 Å². The van der Waals surface area contributed by atoms with Gasteiger partial charge in [-0.3, -0.25) is 4.79 Å². The number of nitrogens with one attached hydrogen (secondary N) is 1. The van der Waals surface area contributed by atoms with Gasteiger partial charge < -0.3 is 5.32 Å². The fraction of sp³-hybridized carbons (Fsp3) is 0.125. The molecule has 2 aromatic heterocycles. The highest BCUT2D eigenvalue weighted by molar-refractivity contribution is 7.15.